The summed E-state index contributed by atoms with van der Waals surface area (Å²) in [7, 11) is 0. The van der Waals surface area contributed by atoms with Crippen molar-refractivity contribution in [2.75, 3.05) is 11.4 Å². The van der Waals surface area contributed by atoms with E-state index in [1.54, 1.807) is 0 Å². The van der Waals surface area contributed by atoms with Crippen LogP contribution in [0.4, 0.5) is 5.95 Å². The number of hydrogen-bond donors (Lipinski definition) is 1. The highest BCUT2D eigenvalue weighted by Gasteiger charge is 2.30. The zero-order valence-corrected chi connectivity index (χ0v) is 14.7. The van der Waals surface area contributed by atoms with Crippen LogP contribution in [0.3, 0.4) is 0 Å². The van der Waals surface area contributed by atoms with Crippen LogP contribution in [-0.4, -0.2) is 34.4 Å². The van der Waals surface area contributed by atoms with Gasteiger partial charge in [0.2, 0.25) is 11.9 Å². The van der Waals surface area contributed by atoms with E-state index in [-0.39, 0.29) is 18.2 Å². The summed E-state index contributed by atoms with van der Waals surface area (Å²) in [6.07, 6.45) is 4.47. The first-order valence-corrected chi connectivity index (χ1v) is 9.24. The van der Waals surface area contributed by atoms with Crippen molar-refractivity contribution in [3.63, 3.8) is 0 Å². The van der Waals surface area contributed by atoms with Gasteiger partial charge < -0.3 is 4.90 Å². The predicted octanol–water partition coefficient (Wildman–Crippen LogP) is 2.04. The highest BCUT2D eigenvalue weighted by Crippen LogP contribution is 2.34. The van der Waals surface area contributed by atoms with Crippen molar-refractivity contribution in [2.24, 2.45) is 0 Å². The molecule has 6 heteroatoms. The zero-order chi connectivity index (χ0) is 17.8. The fourth-order valence-corrected chi connectivity index (χ4v) is 4.10. The number of rotatable bonds is 2. The zero-order valence-electron chi connectivity index (χ0n) is 14.7. The number of benzene rings is 1. The molecule has 5 rings (SSSR count). The van der Waals surface area contributed by atoms with E-state index in [9.17, 15) is 9.59 Å². The molecule has 0 saturated carbocycles. The van der Waals surface area contributed by atoms with E-state index in [0.717, 1.165) is 54.3 Å². The summed E-state index contributed by atoms with van der Waals surface area (Å²) in [4.78, 5) is 35.7. The van der Waals surface area contributed by atoms with Crippen LogP contribution in [0.1, 0.15) is 46.9 Å². The minimum absolute atomic E-state index is 0.243. The van der Waals surface area contributed by atoms with E-state index < -0.39 is 0 Å². The van der Waals surface area contributed by atoms with Crippen molar-refractivity contribution in [3.8, 4) is 11.3 Å². The summed E-state index contributed by atoms with van der Waals surface area (Å²) >= 11 is 0. The Kier molecular flexibility index (Phi) is 3.35. The van der Waals surface area contributed by atoms with Crippen LogP contribution in [0.5, 0.6) is 0 Å². The van der Waals surface area contributed by atoms with E-state index in [1.165, 1.54) is 12.0 Å². The molecule has 3 heterocycles. The van der Waals surface area contributed by atoms with Crippen molar-refractivity contribution in [3.05, 3.63) is 40.6 Å². The molecule has 1 fully saturated rings. The van der Waals surface area contributed by atoms with E-state index in [2.05, 4.69) is 17.1 Å². The molecule has 0 unspecified atom stereocenters. The van der Waals surface area contributed by atoms with Crippen molar-refractivity contribution in [2.45, 2.75) is 45.1 Å². The monoisotopic (exact) mass is 348 g/mol. The summed E-state index contributed by atoms with van der Waals surface area (Å²) in [5.74, 6) is 0.240. The van der Waals surface area contributed by atoms with Crippen LogP contribution < -0.4 is 10.2 Å². The number of amides is 2. The lowest BCUT2D eigenvalue weighted by atomic mass is 9.95. The molecule has 2 amide bonds. The van der Waals surface area contributed by atoms with Crippen LogP contribution in [0.25, 0.3) is 11.3 Å². The molecule has 6 nitrogen and oxygen atoms in total. The third-order valence-electron chi connectivity index (χ3n) is 5.73. The Balaban J connectivity index is 1.63. The van der Waals surface area contributed by atoms with Gasteiger partial charge in [0, 0.05) is 35.0 Å². The molecule has 1 aromatic carbocycles. The normalized spacial score (nSPS) is 21.1. The molecule has 1 atom stereocenters. The maximum absolute atomic E-state index is 12.2. The Morgan fingerprint density at radius 2 is 2.08 bits per heavy atom. The van der Waals surface area contributed by atoms with E-state index in [1.807, 2.05) is 18.2 Å². The Bertz CT molecular complexity index is 953. The number of imide groups is 1. The van der Waals surface area contributed by atoms with Crippen LogP contribution in [0, 0.1) is 0 Å². The number of hydrogen-bond acceptors (Lipinski definition) is 5. The topological polar surface area (TPSA) is 75.2 Å². The summed E-state index contributed by atoms with van der Waals surface area (Å²) in [5.41, 5.74) is 5.57. The lowest BCUT2D eigenvalue weighted by Gasteiger charge is -2.39. The minimum Gasteiger partial charge on any atom is -0.338 e. The second-order valence-corrected chi connectivity index (χ2v) is 7.41. The number of nitrogens with zero attached hydrogens (tertiary/aromatic N) is 3. The largest absolute Gasteiger partial charge is 0.338 e. The second-order valence-electron chi connectivity index (χ2n) is 7.41. The van der Waals surface area contributed by atoms with Crippen LogP contribution >= 0.6 is 0 Å². The summed E-state index contributed by atoms with van der Waals surface area (Å²) < 4.78 is 0. The molecule has 132 valence electrons. The fourth-order valence-electron chi connectivity index (χ4n) is 4.10. The molecule has 26 heavy (non-hydrogen) atoms. The molecule has 1 N–H and O–H groups in total. The summed E-state index contributed by atoms with van der Waals surface area (Å²) in [5, 5.41) is 2.40. The van der Waals surface area contributed by atoms with Crippen molar-refractivity contribution >= 4 is 17.8 Å². The number of carbonyl (C=O) groups excluding carboxylic acids is 2. The number of carbonyl (C=O) groups is 2. The highest BCUT2D eigenvalue weighted by atomic mass is 16.2. The number of nitrogens with one attached hydrogen (secondary N) is 1. The van der Waals surface area contributed by atoms with Crippen molar-refractivity contribution in [1.82, 2.24) is 15.3 Å². The Morgan fingerprint density at radius 1 is 1.19 bits per heavy atom. The molecule has 2 aliphatic heterocycles. The van der Waals surface area contributed by atoms with Crippen LogP contribution in [0.15, 0.2) is 18.2 Å². The first-order chi connectivity index (χ1) is 12.6. The third kappa shape index (κ3) is 2.32. The quantitative estimate of drug-likeness (QED) is 0.841. The molecule has 3 aliphatic rings. The van der Waals surface area contributed by atoms with Gasteiger partial charge in [-0.3, -0.25) is 14.9 Å². The van der Waals surface area contributed by atoms with Gasteiger partial charge in [-0.2, -0.15) is 0 Å². The maximum Gasteiger partial charge on any atom is 0.258 e. The van der Waals surface area contributed by atoms with Crippen LogP contribution in [0.2, 0.25) is 0 Å². The third-order valence-corrected chi connectivity index (χ3v) is 5.73. The Labute approximate surface area is 151 Å². The lowest BCUT2D eigenvalue weighted by molar-refractivity contribution is -0.119. The Hall–Kier alpha value is -2.76. The molecule has 0 spiro atoms. The smallest absolute Gasteiger partial charge is 0.258 e. The van der Waals surface area contributed by atoms with E-state index >= 15 is 0 Å². The average Bonchev–Trinajstić information content (AvgIpc) is 3.08. The molecular formula is C20H20N4O2. The van der Waals surface area contributed by atoms with E-state index in [4.69, 9.17) is 9.97 Å². The SMILES string of the molecule is C[C@H]1CCN1c1nc2c(c(-c3ccc4c(c3)C(=O)NC(=O)C4)n1)CCC2. The van der Waals surface area contributed by atoms with Gasteiger partial charge in [-0.15, -0.1) is 0 Å². The summed E-state index contributed by atoms with van der Waals surface area (Å²) in [6.45, 7) is 3.19. The van der Waals surface area contributed by atoms with Gasteiger partial charge in [0.25, 0.3) is 5.91 Å². The minimum atomic E-state index is -0.319. The van der Waals surface area contributed by atoms with Crippen molar-refractivity contribution in [1.29, 1.82) is 0 Å². The molecular weight excluding hydrogens is 328 g/mol. The first kappa shape index (κ1) is 15.5. The molecule has 1 aromatic heterocycles. The van der Waals surface area contributed by atoms with Gasteiger partial charge in [-0.25, -0.2) is 9.97 Å². The molecule has 2 aromatic rings. The van der Waals surface area contributed by atoms with Gasteiger partial charge in [-0.05, 0) is 44.2 Å². The van der Waals surface area contributed by atoms with Gasteiger partial charge >= 0.3 is 0 Å². The molecule has 0 radical (unpaired) electrons. The van der Waals surface area contributed by atoms with Gasteiger partial charge in [-0.1, -0.05) is 12.1 Å². The lowest BCUT2D eigenvalue weighted by Crippen LogP contribution is -2.46. The van der Waals surface area contributed by atoms with Gasteiger partial charge in [0.05, 0.1) is 12.1 Å². The number of aryl methyl sites for hydroxylation is 1. The molecule has 1 aliphatic carbocycles. The number of anilines is 1. The number of fused-ring (bicyclic) bond motifs is 2. The average molecular weight is 348 g/mol. The van der Waals surface area contributed by atoms with Crippen molar-refractivity contribution < 1.29 is 9.59 Å². The first-order valence-electron chi connectivity index (χ1n) is 9.24. The standard InChI is InChI=1S/C20H20N4O2/c1-11-7-8-24(11)20-21-16-4-2-3-14(16)18(23-20)13-6-5-12-10-17(25)22-19(26)15(12)9-13/h5-6,9,11H,2-4,7-8,10H2,1H3,(H,22,25,26)/t11-/m0/s1. The Morgan fingerprint density at radius 3 is 2.85 bits per heavy atom. The molecule has 0 bridgehead atoms. The predicted molar refractivity (Wildman–Crippen MR) is 97.1 cm³/mol. The number of aromatic nitrogens is 2. The summed E-state index contributed by atoms with van der Waals surface area (Å²) in [6, 6.07) is 6.22. The van der Waals surface area contributed by atoms with Gasteiger partial charge in [0.1, 0.15) is 0 Å². The fraction of sp³-hybridized carbons (Fsp3) is 0.400. The molecule has 1 saturated heterocycles. The van der Waals surface area contributed by atoms with Gasteiger partial charge in [0.15, 0.2) is 0 Å². The maximum atomic E-state index is 12.2. The van der Waals surface area contributed by atoms with E-state index in [0.29, 0.717) is 11.6 Å². The second kappa shape index (κ2) is 5.62. The van der Waals surface area contributed by atoms with Crippen LogP contribution in [-0.2, 0) is 24.1 Å². The highest BCUT2D eigenvalue weighted by molar-refractivity contribution is 6.10.